The molecule has 0 unspecified atom stereocenters. The number of esters is 1. The SMILES string of the molecule is CC/C=C\c1ccccc1C(=O)OC. The smallest absolute Gasteiger partial charge is 0.338 e. The number of methoxy groups -OCH3 is 1. The molecule has 0 heterocycles. The van der Waals surface area contributed by atoms with Gasteiger partial charge in [0.2, 0.25) is 0 Å². The number of hydrogen-bond donors (Lipinski definition) is 0. The van der Waals surface area contributed by atoms with E-state index < -0.39 is 0 Å². The molecule has 0 N–H and O–H groups in total. The maximum absolute atomic E-state index is 11.3. The average Bonchev–Trinajstić information content (AvgIpc) is 2.25. The van der Waals surface area contributed by atoms with Gasteiger partial charge in [0.15, 0.2) is 0 Å². The molecule has 1 rings (SSSR count). The number of allylic oxidation sites excluding steroid dienone is 1. The number of benzene rings is 1. The highest BCUT2D eigenvalue weighted by Crippen LogP contribution is 2.12. The molecule has 0 saturated carbocycles. The third-order valence-corrected chi connectivity index (χ3v) is 1.90. The summed E-state index contributed by atoms with van der Waals surface area (Å²) in [7, 11) is 1.39. The summed E-state index contributed by atoms with van der Waals surface area (Å²) >= 11 is 0. The van der Waals surface area contributed by atoms with Crippen LogP contribution in [0.25, 0.3) is 6.08 Å². The van der Waals surface area contributed by atoms with Crippen LogP contribution < -0.4 is 0 Å². The van der Waals surface area contributed by atoms with Crippen LogP contribution in [0.1, 0.15) is 29.3 Å². The molecule has 0 fully saturated rings. The van der Waals surface area contributed by atoms with Crippen molar-refractivity contribution in [2.24, 2.45) is 0 Å². The molecule has 0 spiro atoms. The first kappa shape index (κ1) is 10.5. The van der Waals surface area contributed by atoms with Gasteiger partial charge in [0.1, 0.15) is 0 Å². The quantitative estimate of drug-likeness (QED) is 0.685. The highest BCUT2D eigenvalue weighted by molar-refractivity contribution is 5.93. The molecule has 0 saturated heterocycles. The number of carbonyl (C=O) groups excluding carboxylic acids is 1. The van der Waals surface area contributed by atoms with Crippen LogP contribution >= 0.6 is 0 Å². The van der Waals surface area contributed by atoms with Gasteiger partial charge < -0.3 is 4.74 Å². The molecule has 0 aliphatic carbocycles. The first-order chi connectivity index (χ1) is 6.79. The van der Waals surface area contributed by atoms with Gasteiger partial charge in [0.25, 0.3) is 0 Å². The second-order valence-electron chi connectivity index (χ2n) is 2.89. The van der Waals surface area contributed by atoms with E-state index in [9.17, 15) is 4.79 Å². The Morgan fingerprint density at radius 3 is 2.79 bits per heavy atom. The van der Waals surface area contributed by atoms with Gasteiger partial charge in [-0.05, 0) is 18.1 Å². The van der Waals surface area contributed by atoms with Gasteiger partial charge in [0, 0.05) is 0 Å². The standard InChI is InChI=1S/C12H14O2/c1-3-4-7-10-8-5-6-9-11(10)12(13)14-2/h4-9H,3H2,1-2H3/b7-4-. The van der Waals surface area contributed by atoms with Gasteiger partial charge in [-0.1, -0.05) is 37.3 Å². The second kappa shape index (κ2) is 5.22. The third-order valence-electron chi connectivity index (χ3n) is 1.90. The van der Waals surface area contributed by atoms with Gasteiger partial charge >= 0.3 is 5.97 Å². The first-order valence-electron chi connectivity index (χ1n) is 4.63. The molecule has 74 valence electrons. The topological polar surface area (TPSA) is 26.3 Å². The van der Waals surface area contributed by atoms with E-state index in [-0.39, 0.29) is 5.97 Å². The third kappa shape index (κ3) is 2.46. The van der Waals surface area contributed by atoms with E-state index in [2.05, 4.69) is 11.7 Å². The van der Waals surface area contributed by atoms with Gasteiger partial charge in [-0.2, -0.15) is 0 Å². The zero-order chi connectivity index (χ0) is 10.4. The van der Waals surface area contributed by atoms with Gasteiger partial charge in [-0.25, -0.2) is 4.79 Å². The Labute approximate surface area is 84.2 Å². The fourth-order valence-electron chi connectivity index (χ4n) is 1.18. The van der Waals surface area contributed by atoms with E-state index in [4.69, 9.17) is 0 Å². The molecule has 0 aliphatic heterocycles. The Bertz CT molecular complexity index is 340. The van der Waals surface area contributed by atoms with E-state index in [1.54, 1.807) is 6.07 Å². The fraction of sp³-hybridized carbons (Fsp3) is 0.250. The lowest BCUT2D eigenvalue weighted by molar-refractivity contribution is 0.0600. The normalized spacial score (nSPS) is 10.4. The molecule has 0 amide bonds. The summed E-state index contributed by atoms with van der Waals surface area (Å²) in [4.78, 5) is 11.3. The Morgan fingerprint density at radius 1 is 1.43 bits per heavy atom. The largest absolute Gasteiger partial charge is 0.465 e. The summed E-state index contributed by atoms with van der Waals surface area (Å²) in [6.07, 6.45) is 4.91. The molecule has 0 radical (unpaired) electrons. The van der Waals surface area contributed by atoms with Crippen molar-refractivity contribution in [3.63, 3.8) is 0 Å². The van der Waals surface area contributed by atoms with Crippen LogP contribution in [0.5, 0.6) is 0 Å². The summed E-state index contributed by atoms with van der Waals surface area (Å²) in [5.41, 5.74) is 1.51. The van der Waals surface area contributed by atoms with Crippen LogP contribution in [0.4, 0.5) is 0 Å². The van der Waals surface area contributed by atoms with Crippen molar-refractivity contribution in [3.05, 3.63) is 41.5 Å². The van der Waals surface area contributed by atoms with Crippen LogP contribution in [0.3, 0.4) is 0 Å². The zero-order valence-electron chi connectivity index (χ0n) is 8.49. The predicted octanol–water partition coefficient (Wildman–Crippen LogP) is 2.90. The minimum Gasteiger partial charge on any atom is -0.465 e. The van der Waals surface area contributed by atoms with Crippen molar-refractivity contribution in [1.82, 2.24) is 0 Å². The van der Waals surface area contributed by atoms with Gasteiger partial charge in [-0.15, -0.1) is 0 Å². The van der Waals surface area contributed by atoms with Crippen molar-refractivity contribution in [3.8, 4) is 0 Å². The van der Waals surface area contributed by atoms with Crippen molar-refractivity contribution in [2.45, 2.75) is 13.3 Å². The fourth-order valence-corrected chi connectivity index (χ4v) is 1.18. The summed E-state index contributed by atoms with van der Waals surface area (Å²) in [6.45, 7) is 2.05. The van der Waals surface area contributed by atoms with Crippen LogP contribution in [0.2, 0.25) is 0 Å². The van der Waals surface area contributed by atoms with E-state index >= 15 is 0 Å². The van der Waals surface area contributed by atoms with E-state index in [1.807, 2.05) is 30.4 Å². The molecule has 2 heteroatoms. The molecule has 0 atom stereocenters. The van der Waals surface area contributed by atoms with E-state index in [0.717, 1.165) is 12.0 Å². The van der Waals surface area contributed by atoms with Crippen molar-refractivity contribution < 1.29 is 9.53 Å². The molecule has 1 aromatic rings. The summed E-state index contributed by atoms with van der Waals surface area (Å²) < 4.78 is 4.68. The lowest BCUT2D eigenvalue weighted by atomic mass is 10.1. The molecule has 0 aromatic heterocycles. The minimum atomic E-state index is -0.290. The maximum atomic E-state index is 11.3. The molecule has 1 aromatic carbocycles. The Balaban J connectivity index is 3.03. The minimum absolute atomic E-state index is 0.290. The molecule has 0 aliphatic rings. The predicted molar refractivity (Wildman–Crippen MR) is 57.1 cm³/mol. The van der Waals surface area contributed by atoms with Crippen LogP contribution in [-0.2, 0) is 4.74 Å². The van der Waals surface area contributed by atoms with Crippen LogP contribution in [-0.4, -0.2) is 13.1 Å². The molecule has 2 nitrogen and oxygen atoms in total. The maximum Gasteiger partial charge on any atom is 0.338 e. The first-order valence-corrected chi connectivity index (χ1v) is 4.63. The van der Waals surface area contributed by atoms with Gasteiger partial charge in [-0.3, -0.25) is 0 Å². The van der Waals surface area contributed by atoms with E-state index in [0.29, 0.717) is 5.56 Å². The Hall–Kier alpha value is -1.57. The van der Waals surface area contributed by atoms with Crippen molar-refractivity contribution in [2.75, 3.05) is 7.11 Å². The molecular formula is C12H14O2. The lowest BCUT2D eigenvalue weighted by Gasteiger charge is -2.02. The van der Waals surface area contributed by atoms with E-state index in [1.165, 1.54) is 7.11 Å². The monoisotopic (exact) mass is 190 g/mol. The van der Waals surface area contributed by atoms with Crippen LogP contribution in [0.15, 0.2) is 30.3 Å². The van der Waals surface area contributed by atoms with Crippen molar-refractivity contribution in [1.29, 1.82) is 0 Å². The summed E-state index contributed by atoms with van der Waals surface area (Å²) in [5, 5.41) is 0. The lowest BCUT2D eigenvalue weighted by Crippen LogP contribution is -2.02. The van der Waals surface area contributed by atoms with Crippen LogP contribution in [0, 0.1) is 0 Å². The number of carbonyl (C=O) groups is 1. The number of rotatable bonds is 3. The van der Waals surface area contributed by atoms with Crippen molar-refractivity contribution >= 4 is 12.0 Å². The molecule has 14 heavy (non-hydrogen) atoms. The zero-order valence-corrected chi connectivity index (χ0v) is 8.49. The second-order valence-corrected chi connectivity index (χ2v) is 2.89. The Morgan fingerprint density at radius 2 is 2.14 bits per heavy atom. The van der Waals surface area contributed by atoms with Gasteiger partial charge in [0.05, 0.1) is 12.7 Å². The average molecular weight is 190 g/mol. The molecular weight excluding hydrogens is 176 g/mol. The number of hydrogen-bond acceptors (Lipinski definition) is 2. The number of ether oxygens (including phenoxy) is 1. The Kier molecular flexibility index (Phi) is 3.92. The summed E-state index contributed by atoms with van der Waals surface area (Å²) in [6, 6.07) is 7.40. The summed E-state index contributed by atoms with van der Waals surface area (Å²) in [5.74, 6) is -0.290. The highest BCUT2D eigenvalue weighted by atomic mass is 16.5. The highest BCUT2D eigenvalue weighted by Gasteiger charge is 2.07. The molecule has 0 bridgehead atoms.